The molecule has 1 aliphatic rings. The normalized spacial score (nSPS) is 14.5. The van der Waals surface area contributed by atoms with E-state index < -0.39 is 26.5 Å². The van der Waals surface area contributed by atoms with Crippen LogP contribution in [-0.2, 0) is 26.8 Å². The van der Waals surface area contributed by atoms with Crippen molar-refractivity contribution in [2.24, 2.45) is 0 Å². The van der Waals surface area contributed by atoms with Crippen molar-refractivity contribution in [3.05, 3.63) is 46.9 Å². The Morgan fingerprint density at radius 2 is 2.00 bits per heavy atom. The molecule has 0 bridgehead atoms. The van der Waals surface area contributed by atoms with Gasteiger partial charge in [0.05, 0.1) is 17.7 Å². The summed E-state index contributed by atoms with van der Waals surface area (Å²) in [6, 6.07) is 6.42. The smallest absolute Gasteiger partial charge is 0.481 e. The van der Waals surface area contributed by atoms with Crippen molar-refractivity contribution in [3.8, 4) is 23.1 Å². The van der Waals surface area contributed by atoms with Gasteiger partial charge in [-0.05, 0) is 65.1 Å². The maximum Gasteiger partial charge on any atom is 0.511 e. The maximum absolute atomic E-state index is 13.5. The minimum atomic E-state index is -2.22. The van der Waals surface area contributed by atoms with E-state index in [0.29, 0.717) is 0 Å². The molecule has 0 saturated carbocycles. The standard InChI is InChI=1S/C24H27FNO5P/c1-16(2)23-20(6-5-13-31-32(30)15-19(27)14-22(28)29)24(17-8-10-18(25)11-9-17)26-12-4-3-7-21(23)26/h8-11,16,19,27H,3-4,7,12-15H2,1-2H3/p+1. The molecule has 2 N–H and O–H groups in total. The third kappa shape index (κ3) is 5.83. The number of nitrogens with zero attached hydrogens (tertiary/aromatic N) is 1. The lowest BCUT2D eigenvalue weighted by atomic mass is 9.94. The summed E-state index contributed by atoms with van der Waals surface area (Å²) in [5.41, 5.74) is 5.19. The molecular formula is C24H28FNO5P+. The number of aromatic nitrogens is 1. The molecular weight excluding hydrogens is 432 g/mol. The van der Waals surface area contributed by atoms with E-state index in [9.17, 15) is 18.9 Å². The number of halogens is 1. The number of rotatable bonds is 8. The molecule has 0 radical (unpaired) electrons. The number of hydrogen-bond acceptors (Lipinski definition) is 4. The minimum Gasteiger partial charge on any atom is -0.481 e. The van der Waals surface area contributed by atoms with Crippen LogP contribution in [0.25, 0.3) is 11.3 Å². The molecule has 0 saturated heterocycles. The molecule has 2 aromatic rings. The van der Waals surface area contributed by atoms with Gasteiger partial charge in [0.2, 0.25) is 6.16 Å². The second-order valence-electron chi connectivity index (χ2n) is 8.20. The lowest BCUT2D eigenvalue weighted by Crippen LogP contribution is -2.15. The average molecular weight is 460 g/mol. The Bertz CT molecular complexity index is 1050. The Labute approximate surface area is 188 Å². The van der Waals surface area contributed by atoms with Crippen LogP contribution < -0.4 is 0 Å². The summed E-state index contributed by atoms with van der Waals surface area (Å²) in [7, 11) is -2.22. The maximum atomic E-state index is 13.5. The van der Waals surface area contributed by atoms with E-state index in [1.165, 1.54) is 23.4 Å². The van der Waals surface area contributed by atoms with Crippen LogP contribution in [0.5, 0.6) is 0 Å². The number of fused-ring (bicyclic) bond motifs is 1. The zero-order chi connectivity index (χ0) is 23.3. The van der Waals surface area contributed by atoms with Gasteiger partial charge in [0, 0.05) is 12.2 Å². The molecule has 2 heterocycles. The number of benzene rings is 1. The van der Waals surface area contributed by atoms with Crippen LogP contribution in [0.3, 0.4) is 0 Å². The lowest BCUT2D eigenvalue weighted by Gasteiger charge is -2.19. The molecule has 170 valence electrons. The summed E-state index contributed by atoms with van der Waals surface area (Å²) in [6.45, 7) is 5.03. The van der Waals surface area contributed by atoms with E-state index in [4.69, 9.17) is 9.63 Å². The van der Waals surface area contributed by atoms with Gasteiger partial charge in [-0.3, -0.25) is 4.79 Å². The Hall–Kier alpha value is -2.52. The van der Waals surface area contributed by atoms with Gasteiger partial charge in [-0.1, -0.05) is 25.7 Å². The summed E-state index contributed by atoms with van der Waals surface area (Å²) in [5.74, 6) is 4.93. The molecule has 8 heteroatoms. The lowest BCUT2D eigenvalue weighted by molar-refractivity contribution is -0.138. The number of carbonyl (C=O) groups is 1. The summed E-state index contributed by atoms with van der Waals surface area (Å²) < 4.78 is 33.0. The van der Waals surface area contributed by atoms with E-state index in [-0.39, 0.29) is 24.5 Å². The number of aliphatic carboxylic acids is 1. The van der Waals surface area contributed by atoms with Crippen molar-refractivity contribution < 1.29 is 28.5 Å². The van der Waals surface area contributed by atoms with Crippen molar-refractivity contribution in [3.63, 3.8) is 0 Å². The molecule has 0 spiro atoms. The quantitative estimate of drug-likeness (QED) is 0.440. The van der Waals surface area contributed by atoms with E-state index in [1.54, 1.807) is 12.1 Å². The summed E-state index contributed by atoms with van der Waals surface area (Å²) in [6.07, 6.45) is 1.20. The molecule has 0 fully saturated rings. The van der Waals surface area contributed by atoms with E-state index in [0.717, 1.165) is 42.6 Å². The number of hydrogen-bond donors (Lipinski definition) is 2. The van der Waals surface area contributed by atoms with Crippen LogP contribution >= 0.6 is 8.03 Å². The van der Waals surface area contributed by atoms with Gasteiger partial charge in [0.15, 0.2) is 6.61 Å². The molecule has 1 aromatic carbocycles. The van der Waals surface area contributed by atoms with Crippen molar-refractivity contribution in [1.82, 2.24) is 4.57 Å². The average Bonchev–Trinajstić information content (AvgIpc) is 3.05. The third-order valence-corrected chi connectivity index (χ3v) is 6.55. The zero-order valence-corrected chi connectivity index (χ0v) is 19.2. The van der Waals surface area contributed by atoms with Crippen LogP contribution in [0.15, 0.2) is 24.3 Å². The van der Waals surface area contributed by atoms with E-state index in [2.05, 4.69) is 30.3 Å². The molecule has 32 heavy (non-hydrogen) atoms. The highest BCUT2D eigenvalue weighted by atomic mass is 31.1. The first kappa shape index (κ1) is 24.1. The Kier molecular flexibility index (Phi) is 8.20. The van der Waals surface area contributed by atoms with Gasteiger partial charge in [0.25, 0.3) is 0 Å². The first-order valence-electron chi connectivity index (χ1n) is 10.8. The Balaban J connectivity index is 1.88. The second kappa shape index (κ2) is 10.9. The van der Waals surface area contributed by atoms with Gasteiger partial charge in [-0.15, -0.1) is 4.52 Å². The first-order chi connectivity index (χ1) is 15.3. The zero-order valence-electron chi connectivity index (χ0n) is 18.3. The molecule has 2 unspecified atom stereocenters. The molecule has 0 amide bonds. The van der Waals surface area contributed by atoms with Gasteiger partial charge in [0.1, 0.15) is 11.9 Å². The topological polar surface area (TPSA) is 88.8 Å². The molecule has 3 rings (SSSR count). The van der Waals surface area contributed by atoms with Crippen molar-refractivity contribution in [1.29, 1.82) is 0 Å². The van der Waals surface area contributed by atoms with Crippen LogP contribution in [-0.4, -0.2) is 39.6 Å². The third-order valence-electron chi connectivity index (χ3n) is 5.42. The van der Waals surface area contributed by atoms with Crippen LogP contribution in [0.2, 0.25) is 0 Å². The predicted molar refractivity (Wildman–Crippen MR) is 120 cm³/mol. The second-order valence-corrected chi connectivity index (χ2v) is 9.49. The molecule has 1 aromatic heterocycles. The van der Waals surface area contributed by atoms with E-state index >= 15 is 0 Å². The fourth-order valence-electron chi connectivity index (χ4n) is 4.14. The summed E-state index contributed by atoms with van der Waals surface area (Å²) in [4.78, 5) is 10.6. The van der Waals surface area contributed by atoms with Crippen molar-refractivity contribution in [2.75, 3.05) is 12.8 Å². The molecule has 0 aliphatic carbocycles. The Morgan fingerprint density at radius 1 is 1.28 bits per heavy atom. The summed E-state index contributed by atoms with van der Waals surface area (Å²) in [5, 5.41) is 18.3. The van der Waals surface area contributed by atoms with Crippen LogP contribution in [0.1, 0.15) is 55.8 Å². The highest BCUT2D eigenvalue weighted by Gasteiger charge is 2.27. The fraction of sp³-hybridized carbons (Fsp3) is 0.458. The molecule has 6 nitrogen and oxygen atoms in total. The molecule has 1 aliphatic heterocycles. The monoisotopic (exact) mass is 460 g/mol. The fourth-order valence-corrected chi connectivity index (χ4v) is 4.93. The number of carboxylic acids is 1. The van der Waals surface area contributed by atoms with Gasteiger partial charge >= 0.3 is 14.0 Å². The van der Waals surface area contributed by atoms with Crippen LogP contribution in [0, 0.1) is 17.7 Å². The van der Waals surface area contributed by atoms with E-state index in [1.807, 2.05) is 0 Å². The van der Waals surface area contributed by atoms with Gasteiger partial charge in [-0.25, -0.2) is 4.39 Å². The summed E-state index contributed by atoms with van der Waals surface area (Å²) >= 11 is 0. The van der Waals surface area contributed by atoms with Crippen molar-refractivity contribution in [2.45, 2.75) is 58.1 Å². The first-order valence-corrected chi connectivity index (χ1v) is 12.1. The predicted octanol–water partition coefficient (Wildman–Crippen LogP) is 4.70. The van der Waals surface area contributed by atoms with Gasteiger partial charge < -0.3 is 14.8 Å². The Morgan fingerprint density at radius 3 is 2.66 bits per heavy atom. The largest absolute Gasteiger partial charge is 0.511 e. The number of aliphatic hydroxyl groups is 1. The highest BCUT2D eigenvalue weighted by molar-refractivity contribution is 7.39. The molecule has 2 atom stereocenters. The highest BCUT2D eigenvalue weighted by Crippen LogP contribution is 2.38. The van der Waals surface area contributed by atoms with Crippen LogP contribution in [0.4, 0.5) is 4.39 Å². The minimum absolute atomic E-state index is 0.101. The van der Waals surface area contributed by atoms with Gasteiger partial charge in [-0.2, -0.15) is 0 Å². The SMILES string of the molecule is CC(C)c1c(C#CCO[P+](=O)CC(O)CC(=O)O)c(-c2ccc(F)cc2)n2c1CCCC2. The number of aliphatic hydroxyl groups excluding tert-OH is 1. The number of carboxylic acid groups (broad SMARTS) is 1. The van der Waals surface area contributed by atoms with Crippen molar-refractivity contribution >= 4 is 14.0 Å².